The van der Waals surface area contributed by atoms with Crippen LogP contribution in [0.25, 0.3) is 10.8 Å². The van der Waals surface area contributed by atoms with E-state index in [0.717, 1.165) is 10.8 Å². The molecule has 2 aromatic rings. The maximum absolute atomic E-state index is 9.21. The van der Waals surface area contributed by atoms with Crippen molar-refractivity contribution in [3.8, 4) is 11.8 Å². The van der Waals surface area contributed by atoms with Crippen LogP contribution in [0.1, 0.15) is 5.56 Å². The fourth-order valence-corrected chi connectivity index (χ4v) is 1.37. The molecule has 0 saturated carbocycles. The zero-order valence-corrected chi connectivity index (χ0v) is 6.86. The lowest BCUT2D eigenvalue weighted by molar-refractivity contribution is 0.476. The fourth-order valence-electron chi connectivity index (χ4n) is 1.37. The van der Waals surface area contributed by atoms with Crippen LogP contribution in [0.4, 0.5) is 0 Å². The maximum atomic E-state index is 9.21. The van der Waals surface area contributed by atoms with Crippen molar-refractivity contribution in [1.82, 2.24) is 0 Å². The molecule has 13 heavy (non-hydrogen) atoms. The van der Waals surface area contributed by atoms with E-state index in [2.05, 4.69) is 6.07 Å². The number of hydrogen-bond acceptors (Lipinski definition) is 2. The van der Waals surface area contributed by atoms with Crippen molar-refractivity contribution in [2.24, 2.45) is 0 Å². The van der Waals surface area contributed by atoms with Gasteiger partial charge in [0.15, 0.2) is 0 Å². The second-order valence-corrected chi connectivity index (χ2v) is 2.82. The van der Waals surface area contributed by atoms with Gasteiger partial charge in [-0.05, 0) is 35.0 Å². The molecule has 0 heterocycles. The first kappa shape index (κ1) is 7.63. The number of aromatic hydroxyl groups is 1. The van der Waals surface area contributed by atoms with Crippen molar-refractivity contribution in [1.29, 1.82) is 5.26 Å². The molecular weight excluding hydrogens is 162 g/mol. The van der Waals surface area contributed by atoms with Gasteiger partial charge in [0.2, 0.25) is 0 Å². The minimum Gasteiger partial charge on any atom is -0.508 e. The fraction of sp³-hybridized carbons (Fsp3) is 0. The first-order valence-electron chi connectivity index (χ1n) is 3.93. The molecule has 0 radical (unpaired) electrons. The van der Waals surface area contributed by atoms with E-state index in [1.807, 2.05) is 6.07 Å². The molecule has 0 fully saturated rings. The lowest BCUT2D eigenvalue weighted by Crippen LogP contribution is -1.78. The van der Waals surface area contributed by atoms with E-state index in [1.54, 1.807) is 30.3 Å². The van der Waals surface area contributed by atoms with Crippen molar-refractivity contribution in [3.63, 3.8) is 0 Å². The summed E-state index contributed by atoms with van der Waals surface area (Å²) in [5.41, 5.74) is 0.637. The molecule has 0 saturated heterocycles. The molecule has 1 N–H and O–H groups in total. The standard InChI is InChI=1S/C11H7NO/c12-7-9-3-1-2-8-6-10(13)4-5-11(8)9/h1-6,13H. The van der Waals surface area contributed by atoms with Crippen molar-refractivity contribution in [2.75, 3.05) is 0 Å². The van der Waals surface area contributed by atoms with E-state index in [-0.39, 0.29) is 5.75 Å². The number of phenolic OH excluding ortho intramolecular Hbond substituents is 1. The van der Waals surface area contributed by atoms with Gasteiger partial charge in [0.25, 0.3) is 0 Å². The molecule has 0 unspecified atom stereocenters. The van der Waals surface area contributed by atoms with Gasteiger partial charge in [-0.25, -0.2) is 0 Å². The summed E-state index contributed by atoms with van der Waals surface area (Å²) in [6.45, 7) is 0. The molecule has 0 amide bonds. The van der Waals surface area contributed by atoms with E-state index < -0.39 is 0 Å². The molecule has 0 bridgehead atoms. The van der Waals surface area contributed by atoms with Crippen molar-refractivity contribution in [3.05, 3.63) is 42.0 Å². The smallest absolute Gasteiger partial charge is 0.116 e. The molecule has 0 aliphatic heterocycles. The van der Waals surface area contributed by atoms with Crippen molar-refractivity contribution >= 4 is 10.8 Å². The Labute approximate surface area is 75.7 Å². The van der Waals surface area contributed by atoms with Crippen LogP contribution in [0.3, 0.4) is 0 Å². The highest BCUT2D eigenvalue weighted by molar-refractivity contribution is 5.88. The van der Waals surface area contributed by atoms with E-state index in [1.165, 1.54) is 0 Å². The van der Waals surface area contributed by atoms with Gasteiger partial charge in [-0.2, -0.15) is 5.26 Å². The van der Waals surface area contributed by atoms with Gasteiger partial charge in [0.05, 0.1) is 11.6 Å². The first-order valence-corrected chi connectivity index (χ1v) is 3.93. The summed E-state index contributed by atoms with van der Waals surface area (Å²) in [5, 5.41) is 19.8. The largest absolute Gasteiger partial charge is 0.508 e. The van der Waals surface area contributed by atoms with Crippen LogP contribution in [-0.4, -0.2) is 5.11 Å². The number of nitriles is 1. The molecule has 0 spiro atoms. The summed E-state index contributed by atoms with van der Waals surface area (Å²) in [4.78, 5) is 0. The van der Waals surface area contributed by atoms with Crippen LogP contribution in [0.5, 0.6) is 5.75 Å². The summed E-state index contributed by atoms with van der Waals surface area (Å²) in [6, 6.07) is 12.5. The third-order valence-electron chi connectivity index (χ3n) is 1.98. The number of rotatable bonds is 0. The Morgan fingerprint density at radius 3 is 2.77 bits per heavy atom. The predicted octanol–water partition coefficient (Wildman–Crippen LogP) is 2.42. The highest BCUT2D eigenvalue weighted by Crippen LogP contribution is 2.22. The van der Waals surface area contributed by atoms with E-state index >= 15 is 0 Å². The number of fused-ring (bicyclic) bond motifs is 1. The molecule has 2 rings (SSSR count). The second kappa shape index (κ2) is 2.80. The molecular formula is C11H7NO. The molecule has 2 aromatic carbocycles. The average molecular weight is 169 g/mol. The summed E-state index contributed by atoms with van der Waals surface area (Å²) >= 11 is 0. The highest BCUT2D eigenvalue weighted by atomic mass is 16.3. The zero-order valence-electron chi connectivity index (χ0n) is 6.86. The molecule has 62 valence electrons. The predicted molar refractivity (Wildman–Crippen MR) is 50.3 cm³/mol. The van der Waals surface area contributed by atoms with E-state index in [9.17, 15) is 5.11 Å². The zero-order chi connectivity index (χ0) is 9.26. The van der Waals surface area contributed by atoms with Gasteiger partial charge in [-0.3, -0.25) is 0 Å². The Hall–Kier alpha value is -2.01. The number of nitrogens with zero attached hydrogens (tertiary/aromatic N) is 1. The van der Waals surface area contributed by atoms with Gasteiger partial charge in [-0.15, -0.1) is 0 Å². The van der Waals surface area contributed by atoms with Crippen LogP contribution in [0, 0.1) is 11.3 Å². The number of hydrogen-bond donors (Lipinski definition) is 1. The molecule has 2 nitrogen and oxygen atoms in total. The average Bonchev–Trinajstić information content (AvgIpc) is 2.16. The maximum Gasteiger partial charge on any atom is 0.116 e. The summed E-state index contributed by atoms with van der Waals surface area (Å²) in [6.07, 6.45) is 0. The second-order valence-electron chi connectivity index (χ2n) is 2.82. The SMILES string of the molecule is N#Cc1cccc2cc(O)ccc12. The topological polar surface area (TPSA) is 44.0 Å². The third-order valence-corrected chi connectivity index (χ3v) is 1.98. The Balaban J connectivity index is 2.87. The van der Waals surface area contributed by atoms with Gasteiger partial charge in [0.1, 0.15) is 5.75 Å². The number of phenols is 1. The Morgan fingerprint density at radius 2 is 2.00 bits per heavy atom. The summed E-state index contributed by atoms with van der Waals surface area (Å²) in [5.74, 6) is 0.225. The molecule has 2 heteroatoms. The quantitative estimate of drug-likeness (QED) is 0.658. The minimum absolute atomic E-state index is 0.225. The van der Waals surface area contributed by atoms with Crippen LogP contribution >= 0.6 is 0 Å². The van der Waals surface area contributed by atoms with Crippen LogP contribution in [0.2, 0.25) is 0 Å². The summed E-state index contributed by atoms with van der Waals surface area (Å²) in [7, 11) is 0. The van der Waals surface area contributed by atoms with E-state index in [4.69, 9.17) is 5.26 Å². The van der Waals surface area contributed by atoms with Gasteiger partial charge in [0, 0.05) is 0 Å². The van der Waals surface area contributed by atoms with Crippen molar-refractivity contribution < 1.29 is 5.11 Å². The third kappa shape index (κ3) is 1.21. The van der Waals surface area contributed by atoms with Gasteiger partial charge < -0.3 is 5.11 Å². The lowest BCUT2D eigenvalue weighted by atomic mass is 10.1. The lowest BCUT2D eigenvalue weighted by Gasteiger charge is -1.99. The van der Waals surface area contributed by atoms with Crippen molar-refractivity contribution in [2.45, 2.75) is 0 Å². The number of benzene rings is 2. The molecule has 0 aliphatic rings. The molecule has 0 atom stereocenters. The van der Waals surface area contributed by atoms with Crippen LogP contribution < -0.4 is 0 Å². The van der Waals surface area contributed by atoms with Crippen LogP contribution in [0.15, 0.2) is 36.4 Å². The molecule has 0 aromatic heterocycles. The van der Waals surface area contributed by atoms with E-state index in [0.29, 0.717) is 5.56 Å². The van der Waals surface area contributed by atoms with Gasteiger partial charge in [-0.1, -0.05) is 12.1 Å². The minimum atomic E-state index is 0.225. The normalized spacial score (nSPS) is 9.77. The Morgan fingerprint density at radius 1 is 1.15 bits per heavy atom. The first-order chi connectivity index (χ1) is 6.31. The van der Waals surface area contributed by atoms with Crippen LogP contribution in [-0.2, 0) is 0 Å². The molecule has 0 aliphatic carbocycles. The monoisotopic (exact) mass is 169 g/mol. The highest BCUT2D eigenvalue weighted by Gasteiger charge is 1.99. The summed E-state index contributed by atoms with van der Waals surface area (Å²) < 4.78 is 0. The Bertz CT molecular complexity index is 497. The van der Waals surface area contributed by atoms with Gasteiger partial charge >= 0.3 is 0 Å². The Kier molecular flexibility index (Phi) is 1.64.